The highest BCUT2D eigenvalue weighted by molar-refractivity contribution is 6.05. The molecule has 24 heavy (non-hydrogen) atoms. The van der Waals surface area contributed by atoms with Gasteiger partial charge >= 0.3 is 0 Å². The number of carbonyl (C=O) groups excluding carboxylic acids is 1. The second-order valence-electron chi connectivity index (χ2n) is 6.25. The fraction of sp³-hybridized carbons (Fsp3) is 0.400. The van der Waals surface area contributed by atoms with E-state index in [0.717, 1.165) is 43.7 Å². The Hall–Kier alpha value is -2.36. The maximum absolute atomic E-state index is 12.9. The van der Waals surface area contributed by atoms with E-state index in [1.165, 1.54) is 18.4 Å². The van der Waals surface area contributed by atoms with E-state index < -0.39 is 0 Å². The predicted octanol–water partition coefficient (Wildman–Crippen LogP) is 4.28. The van der Waals surface area contributed by atoms with Gasteiger partial charge in [-0.15, -0.1) is 0 Å². The number of aromatic nitrogens is 1. The van der Waals surface area contributed by atoms with Crippen LogP contribution in [0, 0.1) is 0 Å². The van der Waals surface area contributed by atoms with Crippen molar-refractivity contribution < 1.29 is 4.79 Å². The van der Waals surface area contributed by atoms with Gasteiger partial charge in [0.05, 0.1) is 0 Å². The van der Waals surface area contributed by atoms with Crippen LogP contribution >= 0.6 is 0 Å². The van der Waals surface area contributed by atoms with Crippen LogP contribution in [0.15, 0.2) is 42.6 Å². The zero-order valence-corrected chi connectivity index (χ0v) is 14.3. The second kappa shape index (κ2) is 7.95. The van der Waals surface area contributed by atoms with E-state index in [-0.39, 0.29) is 5.91 Å². The van der Waals surface area contributed by atoms with Crippen LogP contribution in [0.3, 0.4) is 0 Å². The summed E-state index contributed by atoms with van der Waals surface area (Å²) in [5, 5.41) is 3.39. The van der Waals surface area contributed by atoms with Gasteiger partial charge < -0.3 is 10.2 Å². The Morgan fingerprint density at radius 2 is 2.12 bits per heavy atom. The lowest BCUT2D eigenvalue weighted by molar-refractivity contribution is 0.0980. The second-order valence-corrected chi connectivity index (χ2v) is 6.25. The first-order chi connectivity index (χ1) is 11.8. The Kier molecular flexibility index (Phi) is 5.47. The molecule has 1 amide bonds. The number of pyridine rings is 1. The molecule has 0 radical (unpaired) electrons. The Balaban J connectivity index is 1.74. The highest BCUT2D eigenvalue weighted by atomic mass is 16.2. The van der Waals surface area contributed by atoms with Crippen LogP contribution < -0.4 is 10.2 Å². The minimum Gasteiger partial charge on any atom is -0.385 e. The third kappa shape index (κ3) is 3.75. The molecule has 0 bridgehead atoms. The van der Waals surface area contributed by atoms with Gasteiger partial charge in [-0.2, -0.15) is 0 Å². The van der Waals surface area contributed by atoms with Crippen LogP contribution in [0.4, 0.5) is 11.4 Å². The Labute approximate surface area is 143 Å². The van der Waals surface area contributed by atoms with Crippen LogP contribution in [0.2, 0.25) is 0 Å². The largest absolute Gasteiger partial charge is 0.385 e. The van der Waals surface area contributed by atoms with Crippen LogP contribution in [-0.2, 0) is 6.42 Å². The molecule has 0 atom stereocenters. The van der Waals surface area contributed by atoms with Crippen molar-refractivity contribution in [3.05, 3.63) is 53.9 Å². The monoisotopic (exact) mass is 323 g/mol. The quantitative estimate of drug-likeness (QED) is 0.807. The maximum Gasteiger partial charge on any atom is 0.276 e. The van der Waals surface area contributed by atoms with Crippen molar-refractivity contribution in [2.45, 2.75) is 39.0 Å². The van der Waals surface area contributed by atoms with Crippen molar-refractivity contribution in [3.8, 4) is 0 Å². The number of amides is 1. The predicted molar refractivity (Wildman–Crippen MR) is 98.7 cm³/mol. The zero-order valence-electron chi connectivity index (χ0n) is 14.3. The summed E-state index contributed by atoms with van der Waals surface area (Å²) in [6.45, 7) is 3.88. The van der Waals surface area contributed by atoms with E-state index in [2.05, 4.69) is 23.3 Å². The van der Waals surface area contributed by atoms with Gasteiger partial charge in [-0.3, -0.25) is 9.78 Å². The van der Waals surface area contributed by atoms with Gasteiger partial charge in [-0.1, -0.05) is 38.0 Å². The molecule has 0 spiro atoms. The van der Waals surface area contributed by atoms with Crippen LogP contribution in [0.25, 0.3) is 0 Å². The van der Waals surface area contributed by atoms with Crippen molar-refractivity contribution in [1.82, 2.24) is 4.98 Å². The SMILES string of the molecule is CCCCCNc1ccnc(C(=O)N2CCCc3ccccc32)c1. The first-order valence-electron chi connectivity index (χ1n) is 8.89. The number of hydrogen-bond donors (Lipinski definition) is 1. The number of fused-ring (bicyclic) bond motifs is 1. The maximum atomic E-state index is 12.9. The molecule has 2 heterocycles. The molecular formula is C20H25N3O. The molecule has 0 saturated heterocycles. The van der Waals surface area contributed by atoms with Crippen molar-refractivity contribution in [3.63, 3.8) is 0 Å². The van der Waals surface area contributed by atoms with Gasteiger partial charge in [-0.25, -0.2) is 0 Å². The molecule has 1 aromatic carbocycles. The summed E-state index contributed by atoms with van der Waals surface area (Å²) in [5.41, 5.74) is 3.74. The third-order valence-electron chi connectivity index (χ3n) is 4.44. The summed E-state index contributed by atoms with van der Waals surface area (Å²) in [7, 11) is 0. The number of hydrogen-bond acceptors (Lipinski definition) is 3. The van der Waals surface area contributed by atoms with Crippen molar-refractivity contribution in [2.75, 3.05) is 23.3 Å². The van der Waals surface area contributed by atoms with E-state index in [4.69, 9.17) is 0 Å². The first-order valence-corrected chi connectivity index (χ1v) is 8.89. The molecule has 3 rings (SSSR count). The third-order valence-corrected chi connectivity index (χ3v) is 4.44. The van der Waals surface area contributed by atoms with Crippen molar-refractivity contribution >= 4 is 17.3 Å². The Bertz CT molecular complexity index is 699. The van der Waals surface area contributed by atoms with Crippen LogP contribution in [0.1, 0.15) is 48.7 Å². The minimum absolute atomic E-state index is 0.0145. The summed E-state index contributed by atoms with van der Waals surface area (Å²) >= 11 is 0. The molecule has 1 aliphatic heterocycles. The summed E-state index contributed by atoms with van der Waals surface area (Å²) in [5.74, 6) is -0.0145. The number of benzene rings is 1. The number of nitrogens with zero attached hydrogens (tertiary/aromatic N) is 2. The number of carbonyl (C=O) groups is 1. The summed E-state index contributed by atoms with van der Waals surface area (Å²) in [6.07, 6.45) is 7.31. The fourth-order valence-corrected chi connectivity index (χ4v) is 3.15. The van der Waals surface area contributed by atoms with Gasteiger partial charge in [0.15, 0.2) is 0 Å². The van der Waals surface area contributed by atoms with Gasteiger partial charge in [0, 0.05) is 30.7 Å². The highest BCUT2D eigenvalue weighted by Gasteiger charge is 2.24. The van der Waals surface area contributed by atoms with Gasteiger partial charge in [-0.05, 0) is 43.0 Å². The molecule has 4 heteroatoms. The molecule has 1 aliphatic rings. The van der Waals surface area contributed by atoms with Crippen molar-refractivity contribution in [1.29, 1.82) is 0 Å². The molecule has 4 nitrogen and oxygen atoms in total. The van der Waals surface area contributed by atoms with E-state index in [1.54, 1.807) is 6.20 Å². The van der Waals surface area contributed by atoms with E-state index in [0.29, 0.717) is 5.69 Å². The van der Waals surface area contributed by atoms with E-state index in [9.17, 15) is 4.79 Å². The number of unbranched alkanes of at least 4 members (excludes halogenated alkanes) is 2. The molecule has 1 aromatic heterocycles. The molecule has 2 aromatic rings. The fourth-order valence-electron chi connectivity index (χ4n) is 3.15. The summed E-state index contributed by atoms with van der Waals surface area (Å²) in [6, 6.07) is 11.9. The van der Waals surface area contributed by atoms with Crippen LogP contribution in [-0.4, -0.2) is 24.0 Å². The van der Waals surface area contributed by atoms with Gasteiger partial charge in [0.2, 0.25) is 0 Å². The molecule has 0 aliphatic carbocycles. The topological polar surface area (TPSA) is 45.2 Å². The lowest BCUT2D eigenvalue weighted by atomic mass is 10.0. The van der Waals surface area contributed by atoms with Gasteiger partial charge in [0.1, 0.15) is 5.69 Å². The number of nitrogens with one attached hydrogen (secondary N) is 1. The Morgan fingerprint density at radius 1 is 1.25 bits per heavy atom. The molecule has 0 saturated carbocycles. The molecule has 0 fully saturated rings. The minimum atomic E-state index is -0.0145. The lowest BCUT2D eigenvalue weighted by Gasteiger charge is -2.29. The number of para-hydroxylation sites is 1. The molecule has 0 unspecified atom stereocenters. The Morgan fingerprint density at radius 3 is 3.00 bits per heavy atom. The lowest BCUT2D eigenvalue weighted by Crippen LogP contribution is -2.35. The summed E-state index contributed by atoms with van der Waals surface area (Å²) in [4.78, 5) is 19.1. The van der Waals surface area contributed by atoms with Crippen LogP contribution in [0.5, 0.6) is 0 Å². The molecule has 1 N–H and O–H groups in total. The smallest absolute Gasteiger partial charge is 0.276 e. The molecule has 126 valence electrons. The normalized spacial score (nSPS) is 13.5. The number of aryl methyl sites for hydroxylation is 1. The highest BCUT2D eigenvalue weighted by Crippen LogP contribution is 2.28. The van der Waals surface area contributed by atoms with E-state index >= 15 is 0 Å². The average molecular weight is 323 g/mol. The number of rotatable bonds is 6. The first kappa shape index (κ1) is 16.5. The molecular weight excluding hydrogens is 298 g/mol. The zero-order chi connectivity index (χ0) is 16.8. The van der Waals surface area contributed by atoms with E-state index in [1.807, 2.05) is 35.2 Å². The van der Waals surface area contributed by atoms with Gasteiger partial charge in [0.25, 0.3) is 5.91 Å². The summed E-state index contributed by atoms with van der Waals surface area (Å²) < 4.78 is 0. The number of anilines is 2. The van der Waals surface area contributed by atoms with Crippen molar-refractivity contribution in [2.24, 2.45) is 0 Å². The standard InChI is InChI=1S/C20H25N3O/c1-2-3-6-12-21-17-11-13-22-18(15-17)20(24)23-14-7-9-16-8-4-5-10-19(16)23/h4-5,8,10-11,13,15H,2-3,6-7,9,12,14H2,1H3,(H,21,22). The average Bonchev–Trinajstić information content (AvgIpc) is 2.64.